The van der Waals surface area contributed by atoms with Crippen LogP contribution in [0.1, 0.15) is 174 Å². The fourth-order valence-corrected chi connectivity index (χ4v) is 6.43. The van der Waals surface area contributed by atoms with Crippen molar-refractivity contribution >= 4 is 13.7 Å². The van der Waals surface area contributed by atoms with Gasteiger partial charge in [0, 0.05) is 6.42 Å². The van der Waals surface area contributed by atoms with E-state index >= 15 is 0 Å². The SMILES string of the molecule is CCCCC/C=C\C/C=C\CCCCCCCCCC(=O)NC(COP(=O)([O-])OCC[N+](C)(C)C)C(O)/C=C/CCCCCCCCCCCC. The van der Waals surface area contributed by atoms with E-state index in [1.165, 1.54) is 96.3 Å². The van der Waals surface area contributed by atoms with Gasteiger partial charge in [-0.15, -0.1) is 0 Å². The van der Waals surface area contributed by atoms with Crippen LogP contribution in [0, 0.1) is 0 Å². The lowest BCUT2D eigenvalue weighted by molar-refractivity contribution is -0.870. The van der Waals surface area contributed by atoms with Crippen molar-refractivity contribution in [3.63, 3.8) is 0 Å². The van der Waals surface area contributed by atoms with Gasteiger partial charge in [0.05, 0.1) is 39.9 Å². The van der Waals surface area contributed by atoms with Crippen LogP contribution in [-0.4, -0.2) is 68.5 Å². The standard InChI is InChI=1S/C42H81N2O6P/c1-6-8-10-12-14-16-18-20-21-22-23-24-26-28-30-32-34-36-42(46)43-40(39-50-51(47,48)49-38-37-44(3,4)5)41(45)35-33-31-29-27-25-19-17-15-13-11-9-7-2/h14,16,20-21,33,35,40-41,45H,6-13,15,17-19,22-32,34,36-39H2,1-5H3,(H-,43,46,47,48)/b16-14-,21-20-,35-33+. The van der Waals surface area contributed by atoms with E-state index in [0.717, 1.165) is 57.8 Å². The number of phosphoric acid groups is 1. The van der Waals surface area contributed by atoms with Crippen molar-refractivity contribution < 1.29 is 32.9 Å². The van der Waals surface area contributed by atoms with E-state index in [1.807, 2.05) is 27.2 Å². The molecule has 0 aliphatic heterocycles. The molecule has 0 rings (SSSR count). The molecule has 0 aliphatic carbocycles. The number of quaternary nitrogens is 1. The molecule has 0 spiro atoms. The van der Waals surface area contributed by atoms with Crippen molar-refractivity contribution in [2.24, 2.45) is 0 Å². The quantitative estimate of drug-likeness (QED) is 0.0284. The Labute approximate surface area is 315 Å². The molecule has 0 aromatic carbocycles. The van der Waals surface area contributed by atoms with Crippen molar-refractivity contribution in [3.8, 4) is 0 Å². The van der Waals surface area contributed by atoms with Gasteiger partial charge in [0.1, 0.15) is 13.2 Å². The average molecular weight is 741 g/mol. The number of nitrogens with one attached hydrogen (secondary N) is 1. The van der Waals surface area contributed by atoms with Crippen LogP contribution in [0.4, 0.5) is 0 Å². The summed E-state index contributed by atoms with van der Waals surface area (Å²) < 4.78 is 23.1. The molecule has 0 fully saturated rings. The van der Waals surface area contributed by atoms with E-state index in [4.69, 9.17) is 9.05 Å². The fourth-order valence-electron chi connectivity index (χ4n) is 5.71. The maximum atomic E-state index is 12.8. The number of carbonyl (C=O) groups is 1. The number of allylic oxidation sites excluding steroid dienone is 5. The van der Waals surface area contributed by atoms with Gasteiger partial charge in [0.25, 0.3) is 7.82 Å². The molecule has 0 saturated heterocycles. The summed E-state index contributed by atoms with van der Waals surface area (Å²) in [6, 6.07) is -0.887. The lowest BCUT2D eigenvalue weighted by atomic mass is 10.1. The zero-order valence-electron chi connectivity index (χ0n) is 33.8. The van der Waals surface area contributed by atoms with E-state index in [9.17, 15) is 19.4 Å². The first-order valence-corrected chi connectivity index (χ1v) is 22.3. The molecular formula is C42H81N2O6P. The Morgan fingerprint density at radius 3 is 1.67 bits per heavy atom. The zero-order valence-corrected chi connectivity index (χ0v) is 34.7. The van der Waals surface area contributed by atoms with Gasteiger partial charge >= 0.3 is 0 Å². The van der Waals surface area contributed by atoms with Crippen LogP contribution >= 0.6 is 7.82 Å². The molecule has 3 unspecified atom stereocenters. The smallest absolute Gasteiger partial charge is 0.268 e. The number of aliphatic hydroxyl groups excluding tert-OH is 1. The number of unbranched alkanes of at least 4 members (excludes halogenated alkanes) is 20. The first-order valence-electron chi connectivity index (χ1n) is 20.9. The number of rotatable bonds is 37. The van der Waals surface area contributed by atoms with E-state index in [2.05, 4.69) is 43.5 Å². The van der Waals surface area contributed by atoms with E-state index < -0.39 is 20.0 Å². The Kier molecular flexibility index (Phi) is 33.6. The molecule has 3 atom stereocenters. The number of phosphoric ester groups is 1. The van der Waals surface area contributed by atoms with Gasteiger partial charge in [-0.25, -0.2) is 0 Å². The van der Waals surface area contributed by atoms with Crippen LogP contribution in [-0.2, 0) is 18.4 Å². The summed E-state index contributed by atoms with van der Waals surface area (Å²) in [6.07, 6.45) is 40.3. The van der Waals surface area contributed by atoms with Crippen LogP contribution in [0.3, 0.4) is 0 Å². The summed E-state index contributed by atoms with van der Waals surface area (Å²) in [7, 11) is 1.25. The second-order valence-electron chi connectivity index (χ2n) is 15.3. The minimum Gasteiger partial charge on any atom is -0.756 e. The van der Waals surface area contributed by atoms with Gasteiger partial charge < -0.3 is 28.8 Å². The third-order valence-electron chi connectivity index (χ3n) is 9.09. The highest BCUT2D eigenvalue weighted by Gasteiger charge is 2.23. The predicted octanol–water partition coefficient (Wildman–Crippen LogP) is 10.5. The number of aliphatic hydroxyl groups is 1. The summed E-state index contributed by atoms with van der Waals surface area (Å²) in [5, 5.41) is 13.7. The molecule has 2 N–H and O–H groups in total. The lowest BCUT2D eigenvalue weighted by Crippen LogP contribution is -2.45. The second-order valence-corrected chi connectivity index (χ2v) is 16.8. The summed E-state index contributed by atoms with van der Waals surface area (Å²) >= 11 is 0. The molecule has 0 radical (unpaired) electrons. The van der Waals surface area contributed by atoms with Gasteiger partial charge in [0.15, 0.2) is 0 Å². The zero-order chi connectivity index (χ0) is 37.9. The molecule has 0 saturated carbocycles. The van der Waals surface area contributed by atoms with E-state index in [-0.39, 0.29) is 19.1 Å². The molecule has 0 aromatic heterocycles. The van der Waals surface area contributed by atoms with E-state index in [0.29, 0.717) is 17.4 Å². The predicted molar refractivity (Wildman–Crippen MR) is 215 cm³/mol. The molecule has 0 aliphatic rings. The third-order valence-corrected chi connectivity index (χ3v) is 10.1. The topological polar surface area (TPSA) is 108 Å². The van der Waals surface area contributed by atoms with Crippen LogP contribution in [0.5, 0.6) is 0 Å². The number of amides is 1. The summed E-state index contributed by atoms with van der Waals surface area (Å²) in [5.41, 5.74) is 0. The fraction of sp³-hybridized carbons (Fsp3) is 0.833. The van der Waals surface area contributed by atoms with Crippen molar-refractivity contribution in [2.45, 2.75) is 187 Å². The van der Waals surface area contributed by atoms with Gasteiger partial charge in [-0.3, -0.25) is 9.36 Å². The van der Waals surface area contributed by atoms with Crippen molar-refractivity contribution in [3.05, 3.63) is 36.5 Å². The first-order chi connectivity index (χ1) is 24.5. The van der Waals surface area contributed by atoms with Crippen LogP contribution in [0.15, 0.2) is 36.5 Å². The number of hydrogen-bond acceptors (Lipinski definition) is 6. The van der Waals surface area contributed by atoms with Crippen molar-refractivity contribution in [1.82, 2.24) is 5.32 Å². The Balaban J connectivity index is 4.47. The number of carbonyl (C=O) groups excluding carboxylic acids is 1. The number of hydrogen-bond donors (Lipinski definition) is 2. The minimum absolute atomic E-state index is 0.00318. The Hall–Kier alpha value is -1.28. The largest absolute Gasteiger partial charge is 0.756 e. The van der Waals surface area contributed by atoms with E-state index in [1.54, 1.807) is 6.08 Å². The molecular weight excluding hydrogens is 659 g/mol. The van der Waals surface area contributed by atoms with Crippen molar-refractivity contribution in [1.29, 1.82) is 0 Å². The Morgan fingerprint density at radius 1 is 0.686 bits per heavy atom. The van der Waals surface area contributed by atoms with Crippen LogP contribution in [0.2, 0.25) is 0 Å². The van der Waals surface area contributed by atoms with Gasteiger partial charge in [-0.2, -0.15) is 0 Å². The van der Waals surface area contributed by atoms with Gasteiger partial charge in [0.2, 0.25) is 5.91 Å². The molecule has 1 amide bonds. The van der Waals surface area contributed by atoms with Crippen LogP contribution in [0.25, 0.3) is 0 Å². The molecule has 0 bridgehead atoms. The normalized spacial score (nSPS) is 14.9. The lowest BCUT2D eigenvalue weighted by Gasteiger charge is -2.29. The highest BCUT2D eigenvalue weighted by Crippen LogP contribution is 2.38. The highest BCUT2D eigenvalue weighted by atomic mass is 31.2. The highest BCUT2D eigenvalue weighted by molar-refractivity contribution is 7.45. The summed E-state index contributed by atoms with van der Waals surface area (Å²) in [5.74, 6) is -0.208. The summed E-state index contributed by atoms with van der Waals surface area (Å²) in [4.78, 5) is 25.2. The van der Waals surface area contributed by atoms with Crippen molar-refractivity contribution in [2.75, 3.05) is 40.9 Å². The monoisotopic (exact) mass is 741 g/mol. The molecule has 0 heterocycles. The summed E-state index contributed by atoms with van der Waals surface area (Å²) in [6.45, 7) is 4.59. The molecule has 9 heteroatoms. The van der Waals surface area contributed by atoms with Gasteiger partial charge in [-0.05, 0) is 51.4 Å². The third kappa shape index (κ3) is 36.9. The molecule has 0 aromatic rings. The Morgan fingerprint density at radius 2 is 1.14 bits per heavy atom. The Bertz CT molecular complexity index is 933. The van der Waals surface area contributed by atoms with Crippen LogP contribution < -0.4 is 10.2 Å². The first kappa shape index (κ1) is 49.7. The average Bonchev–Trinajstić information content (AvgIpc) is 3.07. The van der Waals surface area contributed by atoms with Gasteiger partial charge in [-0.1, -0.05) is 153 Å². The number of nitrogens with zero attached hydrogens (tertiary/aromatic N) is 1. The maximum Gasteiger partial charge on any atom is 0.268 e. The minimum atomic E-state index is -4.58. The molecule has 8 nitrogen and oxygen atoms in total. The maximum absolute atomic E-state index is 12.8. The molecule has 51 heavy (non-hydrogen) atoms. The second kappa shape index (κ2) is 34.5. The number of likely N-dealkylation sites (N-methyl/N-ethyl adjacent to an activating group) is 1. The molecule has 300 valence electrons.